The van der Waals surface area contributed by atoms with Crippen LogP contribution in [0.2, 0.25) is 0 Å². The van der Waals surface area contributed by atoms with Crippen LogP contribution >= 0.6 is 0 Å². The number of anilines is 1. The van der Waals surface area contributed by atoms with Gasteiger partial charge < -0.3 is 34.3 Å². The lowest BCUT2D eigenvalue weighted by molar-refractivity contribution is 0.0100. The van der Waals surface area contributed by atoms with Gasteiger partial charge in [-0.2, -0.15) is 0 Å². The van der Waals surface area contributed by atoms with E-state index in [0.29, 0.717) is 29.6 Å². The Morgan fingerprint density at radius 1 is 0.925 bits per heavy atom. The molecule has 10 nitrogen and oxygen atoms in total. The Hall–Kier alpha value is -4.15. The van der Waals surface area contributed by atoms with Crippen LogP contribution in [0.3, 0.4) is 0 Å². The van der Waals surface area contributed by atoms with Gasteiger partial charge in [-0.05, 0) is 133 Å². The SMILES string of the molecule is CCN(c1cc(-c2ccc([C@@H]3C[C@H]3N(CC3CCOCC3)C(=O)OC(C)(C)C)cc2)cc(C(=O)NCc2c(C)cc(C)[nH]c2=O)c1C)C1CCOCC1. The van der Waals surface area contributed by atoms with E-state index in [4.69, 9.17) is 14.2 Å². The van der Waals surface area contributed by atoms with Gasteiger partial charge in [-0.3, -0.25) is 9.59 Å². The maximum atomic E-state index is 14.0. The molecule has 1 aromatic heterocycles. The number of aromatic amines is 1. The first kappa shape index (κ1) is 38.6. The minimum absolute atomic E-state index is 0.0989. The van der Waals surface area contributed by atoms with Gasteiger partial charge in [0.1, 0.15) is 5.60 Å². The molecule has 53 heavy (non-hydrogen) atoms. The Labute approximate surface area is 314 Å². The number of H-pyrrole nitrogens is 1. The van der Waals surface area contributed by atoms with E-state index in [1.165, 1.54) is 5.56 Å². The van der Waals surface area contributed by atoms with E-state index >= 15 is 0 Å². The quantitative estimate of drug-likeness (QED) is 0.212. The predicted molar refractivity (Wildman–Crippen MR) is 209 cm³/mol. The highest BCUT2D eigenvalue weighted by Crippen LogP contribution is 2.46. The lowest BCUT2D eigenvalue weighted by atomic mass is 9.94. The third-order valence-corrected chi connectivity index (χ3v) is 11.1. The maximum absolute atomic E-state index is 14.0. The van der Waals surface area contributed by atoms with Crippen LogP contribution in [-0.2, 0) is 20.8 Å². The van der Waals surface area contributed by atoms with Gasteiger partial charge in [-0.1, -0.05) is 24.3 Å². The number of carbonyl (C=O) groups is 2. The summed E-state index contributed by atoms with van der Waals surface area (Å²) in [6.07, 6.45) is 4.44. The number of rotatable bonds is 11. The van der Waals surface area contributed by atoms with E-state index < -0.39 is 5.60 Å². The average molecular weight is 727 g/mol. The molecule has 6 rings (SSSR count). The van der Waals surface area contributed by atoms with E-state index in [-0.39, 0.29) is 36.1 Å². The van der Waals surface area contributed by atoms with Crippen molar-refractivity contribution in [1.82, 2.24) is 15.2 Å². The lowest BCUT2D eigenvalue weighted by Crippen LogP contribution is -2.42. The topological polar surface area (TPSA) is 113 Å². The summed E-state index contributed by atoms with van der Waals surface area (Å²) in [6, 6.07) is 15.1. The standard InChI is InChI=1S/C43H58N4O6/c1-8-46(34-15-19-52-20-16-34)38-23-33(22-35(29(38)4)40(48)44-25-37-27(2)21-28(3)45-41(37)49)31-9-11-32(12-10-31)36-24-39(36)47(42(50)53-43(5,6)7)26-30-13-17-51-18-14-30/h9-12,21-23,30,34,36,39H,8,13-20,24-26H2,1-7H3,(H,44,48)(H,45,49)/t36-,39+/m0/s1. The molecule has 10 heteroatoms. The first-order valence-corrected chi connectivity index (χ1v) is 19.5. The average Bonchev–Trinajstić information content (AvgIpc) is 3.92. The maximum Gasteiger partial charge on any atom is 0.410 e. The zero-order chi connectivity index (χ0) is 37.9. The molecule has 2 aromatic carbocycles. The molecule has 1 saturated carbocycles. The van der Waals surface area contributed by atoms with E-state index in [1.54, 1.807) is 0 Å². The second kappa shape index (κ2) is 16.5. The fraction of sp³-hybridized carbons (Fsp3) is 0.558. The van der Waals surface area contributed by atoms with Crippen molar-refractivity contribution >= 4 is 17.7 Å². The molecule has 286 valence electrons. The van der Waals surface area contributed by atoms with Gasteiger partial charge in [-0.25, -0.2) is 4.79 Å². The fourth-order valence-corrected chi connectivity index (χ4v) is 8.07. The zero-order valence-corrected chi connectivity index (χ0v) is 32.7. The van der Waals surface area contributed by atoms with Crippen molar-refractivity contribution in [2.75, 3.05) is 44.4 Å². The number of hydrogen-bond donors (Lipinski definition) is 2. The minimum atomic E-state index is -0.561. The van der Waals surface area contributed by atoms with Gasteiger partial charge in [0.15, 0.2) is 0 Å². The number of carbonyl (C=O) groups excluding carboxylic acids is 2. The van der Waals surface area contributed by atoms with Crippen molar-refractivity contribution < 1.29 is 23.8 Å². The number of nitrogens with one attached hydrogen (secondary N) is 2. The van der Waals surface area contributed by atoms with Gasteiger partial charge in [0.25, 0.3) is 11.5 Å². The molecule has 1 aliphatic carbocycles. The highest BCUT2D eigenvalue weighted by atomic mass is 16.6. The number of amides is 2. The van der Waals surface area contributed by atoms with Crippen LogP contribution in [0.15, 0.2) is 47.3 Å². The van der Waals surface area contributed by atoms with E-state index in [2.05, 4.69) is 52.5 Å². The monoisotopic (exact) mass is 726 g/mol. The molecule has 3 heterocycles. The third kappa shape index (κ3) is 9.33. The fourth-order valence-electron chi connectivity index (χ4n) is 8.07. The Bertz CT molecular complexity index is 1820. The number of hydrogen-bond acceptors (Lipinski definition) is 7. The van der Waals surface area contributed by atoms with Crippen molar-refractivity contribution in [3.63, 3.8) is 0 Å². The molecule has 0 bridgehead atoms. The molecule has 2 saturated heterocycles. The molecule has 2 amide bonds. The van der Waals surface area contributed by atoms with Crippen LogP contribution in [0.25, 0.3) is 11.1 Å². The summed E-state index contributed by atoms with van der Waals surface area (Å²) in [7, 11) is 0. The smallest absolute Gasteiger partial charge is 0.410 e. The molecule has 2 N–H and O–H groups in total. The summed E-state index contributed by atoms with van der Waals surface area (Å²) >= 11 is 0. The van der Waals surface area contributed by atoms with Gasteiger partial charge in [-0.15, -0.1) is 0 Å². The number of aryl methyl sites for hydroxylation is 2. The molecule has 3 aliphatic rings. The van der Waals surface area contributed by atoms with E-state index in [0.717, 1.165) is 98.7 Å². The molecule has 0 radical (unpaired) electrons. The molecule has 0 unspecified atom stereocenters. The number of nitrogens with zero attached hydrogens (tertiary/aromatic N) is 2. The van der Waals surface area contributed by atoms with E-state index in [1.807, 2.05) is 58.6 Å². The summed E-state index contributed by atoms with van der Waals surface area (Å²) in [5, 5.41) is 3.05. The zero-order valence-electron chi connectivity index (χ0n) is 32.7. The first-order valence-electron chi connectivity index (χ1n) is 19.5. The Morgan fingerprint density at radius 3 is 2.21 bits per heavy atom. The predicted octanol–water partition coefficient (Wildman–Crippen LogP) is 7.42. The van der Waals surface area contributed by atoms with Crippen molar-refractivity contribution in [3.8, 4) is 11.1 Å². The van der Waals surface area contributed by atoms with Crippen molar-refractivity contribution in [1.29, 1.82) is 0 Å². The molecule has 2 aliphatic heterocycles. The van der Waals surface area contributed by atoms with E-state index in [9.17, 15) is 14.4 Å². The molecule has 3 aromatic rings. The molecule has 2 atom stereocenters. The summed E-state index contributed by atoms with van der Waals surface area (Å²) < 4.78 is 17.2. The van der Waals surface area contributed by atoms with Crippen molar-refractivity contribution in [2.24, 2.45) is 5.92 Å². The molecular weight excluding hydrogens is 668 g/mol. The summed E-state index contributed by atoms with van der Waals surface area (Å²) in [4.78, 5) is 47.4. The van der Waals surface area contributed by atoms with Crippen LogP contribution in [-0.4, -0.2) is 79.1 Å². The largest absolute Gasteiger partial charge is 0.444 e. The molecular formula is C43H58N4O6. The Morgan fingerprint density at radius 2 is 1.58 bits per heavy atom. The van der Waals surface area contributed by atoms with Gasteiger partial charge >= 0.3 is 6.09 Å². The lowest BCUT2D eigenvalue weighted by Gasteiger charge is -2.37. The summed E-state index contributed by atoms with van der Waals surface area (Å²) in [6.45, 7) is 18.3. The van der Waals surface area contributed by atoms with Crippen LogP contribution in [0.5, 0.6) is 0 Å². The number of aromatic nitrogens is 1. The second-order valence-corrected chi connectivity index (χ2v) is 16.1. The van der Waals surface area contributed by atoms with Gasteiger partial charge in [0.2, 0.25) is 0 Å². The van der Waals surface area contributed by atoms with Gasteiger partial charge in [0, 0.05) is 86.6 Å². The summed E-state index contributed by atoms with van der Waals surface area (Å²) in [5.41, 5.74) is 7.18. The van der Waals surface area contributed by atoms with Crippen LogP contribution in [0.1, 0.15) is 104 Å². The summed E-state index contributed by atoms with van der Waals surface area (Å²) in [5.74, 6) is 0.438. The highest BCUT2D eigenvalue weighted by molar-refractivity contribution is 5.99. The number of pyridine rings is 1. The third-order valence-electron chi connectivity index (χ3n) is 11.1. The first-order chi connectivity index (χ1) is 25.3. The molecule has 3 fully saturated rings. The Kier molecular flexibility index (Phi) is 12.0. The van der Waals surface area contributed by atoms with Gasteiger partial charge in [0.05, 0.1) is 0 Å². The highest BCUT2D eigenvalue weighted by Gasteiger charge is 2.46. The van der Waals surface area contributed by atoms with Crippen LogP contribution in [0, 0.1) is 26.7 Å². The van der Waals surface area contributed by atoms with Crippen molar-refractivity contribution in [2.45, 2.75) is 111 Å². The normalized spacial score (nSPS) is 19.5. The second-order valence-electron chi connectivity index (χ2n) is 16.1. The molecule has 0 spiro atoms. The minimum Gasteiger partial charge on any atom is -0.444 e. The number of benzene rings is 2. The van der Waals surface area contributed by atoms with Crippen LogP contribution in [0.4, 0.5) is 10.5 Å². The number of ether oxygens (including phenoxy) is 3. The van der Waals surface area contributed by atoms with Crippen molar-refractivity contribution in [3.05, 3.63) is 86.3 Å². The van der Waals surface area contributed by atoms with Crippen LogP contribution < -0.4 is 15.8 Å². The Balaban J connectivity index is 1.27.